The van der Waals surface area contributed by atoms with E-state index in [0.717, 1.165) is 12.1 Å². The van der Waals surface area contributed by atoms with Crippen LogP contribution in [0.3, 0.4) is 0 Å². The van der Waals surface area contributed by atoms with E-state index in [2.05, 4.69) is 10.3 Å². The normalized spacial score (nSPS) is 13.3. The van der Waals surface area contributed by atoms with E-state index in [0.29, 0.717) is 16.5 Å². The molecule has 2 aromatic rings. The quantitative estimate of drug-likeness (QED) is 0.917. The highest BCUT2D eigenvalue weighted by molar-refractivity contribution is 7.90. The van der Waals surface area contributed by atoms with Crippen molar-refractivity contribution in [3.05, 3.63) is 36.4 Å². The first-order valence-corrected chi connectivity index (χ1v) is 8.30. The lowest BCUT2D eigenvalue weighted by Crippen LogP contribution is -2.17. The second-order valence-corrected chi connectivity index (χ2v) is 6.65. The van der Waals surface area contributed by atoms with Gasteiger partial charge in [0, 0.05) is 11.8 Å². The molecule has 6 heteroatoms. The second-order valence-electron chi connectivity index (χ2n) is 4.64. The van der Waals surface area contributed by atoms with Crippen molar-refractivity contribution in [3.63, 3.8) is 0 Å². The smallest absolute Gasteiger partial charge is 0.211 e. The molecule has 1 unspecified atom stereocenters. The summed E-state index contributed by atoms with van der Waals surface area (Å²) in [4.78, 5) is 4.53. The first-order chi connectivity index (χ1) is 9.41. The van der Waals surface area contributed by atoms with E-state index >= 15 is 0 Å². The maximum Gasteiger partial charge on any atom is 0.211 e. The summed E-state index contributed by atoms with van der Waals surface area (Å²) in [5.74, 6) is 1.25. The molecule has 20 heavy (non-hydrogen) atoms. The average molecular weight is 294 g/mol. The Morgan fingerprint density at radius 1 is 1.30 bits per heavy atom. The number of aromatic nitrogens is 1. The van der Waals surface area contributed by atoms with Gasteiger partial charge in [-0.1, -0.05) is 6.92 Å². The predicted molar refractivity (Wildman–Crippen MR) is 77.1 cm³/mol. The first-order valence-electron chi connectivity index (χ1n) is 6.41. The zero-order valence-electron chi connectivity index (χ0n) is 11.8. The van der Waals surface area contributed by atoms with Gasteiger partial charge in [0.15, 0.2) is 15.6 Å². The van der Waals surface area contributed by atoms with Gasteiger partial charge in [-0.25, -0.2) is 13.4 Å². The molecule has 0 aliphatic heterocycles. The first kappa shape index (κ1) is 14.7. The Labute approximate surface area is 119 Å². The Morgan fingerprint density at radius 3 is 2.50 bits per heavy atom. The predicted octanol–water partition coefficient (Wildman–Crippen LogP) is 2.42. The Morgan fingerprint density at radius 2 is 1.95 bits per heavy atom. The van der Waals surface area contributed by atoms with E-state index in [1.807, 2.05) is 13.8 Å². The highest BCUT2D eigenvalue weighted by Crippen LogP contribution is 2.24. The van der Waals surface area contributed by atoms with Crippen molar-refractivity contribution in [2.75, 3.05) is 12.8 Å². The molecular weight excluding hydrogens is 276 g/mol. The molecule has 0 fully saturated rings. The van der Waals surface area contributed by atoms with Gasteiger partial charge in [-0.05, 0) is 37.7 Å². The van der Waals surface area contributed by atoms with Crippen molar-refractivity contribution in [2.45, 2.75) is 24.8 Å². The minimum Gasteiger partial charge on any atom is -0.439 e. The number of benzene rings is 1. The molecule has 2 rings (SSSR count). The molecule has 1 atom stereocenters. The summed E-state index contributed by atoms with van der Waals surface area (Å²) in [6, 6.07) is 6.63. The van der Waals surface area contributed by atoms with Gasteiger partial charge >= 0.3 is 0 Å². The van der Waals surface area contributed by atoms with Crippen molar-refractivity contribution in [1.82, 2.24) is 10.3 Å². The zero-order chi connectivity index (χ0) is 14.8. The van der Waals surface area contributed by atoms with Crippen LogP contribution in [0.25, 0.3) is 11.3 Å². The van der Waals surface area contributed by atoms with Gasteiger partial charge in [-0.15, -0.1) is 0 Å². The molecule has 1 N–H and O–H groups in total. The van der Waals surface area contributed by atoms with Gasteiger partial charge in [-0.2, -0.15) is 0 Å². The lowest BCUT2D eigenvalue weighted by molar-refractivity contribution is 0.429. The summed E-state index contributed by atoms with van der Waals surface area (Å²) in [6.45, 7) is 4.83. The topological polar surface area (TPSA) is 72.2 Å². The molecule has 0 spiro atoms. The molecule has 0 amide bonds. The molecular formula is C14H18N2O3S. The van der Waals surface area contributed by atoms with Crippen LogP contribution in [0.15, 0.2) is 39.8 Å². The highest BCUT2D eigenvalue weighted by Gasteiger charge is 2.13. The molecule has 1 aromatic carbocycles. The van der Waals surface area contributed by atoms with Crippen LogP contribution in [-0.4, -0.2) is 26.2 Å². The number of sulfone groups is 1. The third-order valence-corrected chi connectivity index (χ3v) is 4.10. The van der Waals surface area contributed by atoms with Crippen molar-refractivity contribution in [1.29, 1.82) is 0 Å². The number of hydrogen-bond acceptors (Lipinski definition) is 5. The van der Waals surface area contributed by atoms with Gasteiger partial charge in [0.05, 0.1) is 17.1 Å². The van der Waals surface area contributed by atoms with Crippen LogP contribution in [0, 0.1) is 0 Å². The highest BCUT2D eigenvalue weighted by atomic mass is 32.2. The molecule has 0 aliphatic carbocycles. The maximum atomic E-state index is 11.4. The number of nitrogens with zero attached hydrogens (tertiary/aromatic N) is 1. The summed E-state index contributed by atoms with van der Waals surface area (Å²) in [5.41, 5.74) is 0.805. The van der Waals surface area contributed by atoms with Crippen LogP contribution < -0.4 is 5.32 Å². The van der Waals surface area contributed by atoms with E-state index in [-0.39, 0.29) is 6.04 Å². The average Bonchev–Trinajstić information content (AvgIpc) is 2.88. The number of rotatable bonds is 5. The summed E-state index contributed by atoms with van der Waals surface area (Å²) in [7, 11) is -3.17. The van der Waals surface area contributed by atoms with Crippen LogP contribution in [0.4, 0.5) is 0 Å². The molecule has 0 saturated carbocycles. The third-order valence-electron chi connectivity index (χ3n) is 2.97. The van der Waals surface area contributed by atoms with Gasteiger partial charge in [0.25, 0.3) is 0 Å². The van der Waals surface area contributed by atoms with Crippen LogP contribution in [0.1, 0.15) is 25.8 Å². The standard InChI is InChI=1S/C14H18N2O3S/c1-4-15-10(2)14-16-9-13(19-14)11-5-7-12(8-6-11)20(3,17)18/h5-10,15H,4H2,1-3H3. The van der Waals surface area contributed by atoms with Gasteiger partial charge in [0.1, 0.15) is 0 Å². The molecule has 0 radical (unpaired) electrons. The summed E-state index contributed by atoms with van der Waals surface area (Å²) >= 11 is 0. The van der Waals surface area contributed by atoms with E-state index in [1.54, 1.807) is 30.5 Å². The lowest BCUT2D eigenvalue weighted by atomic mass is 10.2. The van der Waals surface area contributed by atoms with E-state index in [4.69, 9.17) is 4.42 Å². The van der Waals surface area contributed by atoms with Crippen molar-refractivity contribution < 1.29 is 12.8 Å². The number of nitrogens with one attached hydrogen (secondary N) is 1. The fourth-order valence-corrected chi connectivity index (χ4v) is 2.51. The molecule has 0 bridgehead atoms. The molecule has 108 valence electrons. The Balaban J connectivity index is 2.24. The van der Waals surface area contributed by atoms with Gasteiger partial charge < -0.3 is 9.73 Å². The van der Waals surface area contributed by atoms with Crippen molar-refractivity contribution >= 4 is 9.84 Å². The number of hydrogen-bond donors (Lipinski definition) is 1. The summed E-state index contributed by atoms with van der Waals surface area (Å²) in [6.07, 6.45) is 2.84. The zero-order valence-corrected chi connectivity index (χ0v) is 12.6. The lowest BCUT2D eigenvalue weighted by Gasteiger charge is -2.06. The minimum absolute atomic E-state index is 0.0454. The molecule has 5 nitrogen and oxygen atoms in total. The third kappa shape index (κ3) is 3.26. The summed E-state index contributed by atoms with van der Waals surface area (Å²) in [5, 5.41) is 3.22. The van der Waals surface area contributed by atoms with Crippen LogP contribution in [0.5, 0.6) is 0 Å². The van der Waals surface area contributed by atoms with E-state index in [9.17, 15) is 8.42 Å². The second kappa shape index (κ2) is 5.76. The van der Waals surface area contributed by atoms with E-state index < -0.39 is 9.84 Å². The van der Waals surface area contributed by atoms with Gasteiger partial charge in [0.2, 0.25) is 5.89 Å². The van der Waals surface area contributed by atoms with Gasteiger partial charge in [-0.3, -0.25) is 0 Å². The molecule has 0 aliphatic rings. The Hall–Kier alpha value is -1.66. The SMILES string of the molecule is CCNC(C)c1ncc(-c2ccc(S(C)(=O)=O)cc2)o1. The Bertz CT molecular complexity index is 675. The fourth-order valence-electron chi connectivity index (χ4n) is 1.88. The minimum atomic E-state index is -3.17. The fraction of sp³-hybridized carbons (Fsp3) is 0.357. The largest absolute Gasteiger partial charge is 0.439 e. The molecule has 1 aromatic heterocycles. The number of oxazole rings is 1. The summed E-state index contributed by atoms with van der Waals surface area (Å²) < 4.78 is 28.5. The Kier molecular flexibility index (Phi) is 4.25. The van der Waals surface area contributed by atoms with Crippen molar-refractivity contribution in [3.8, 4) is 11.3 Å². The van der Waals surface area contributed by atoms with Crippen LogP contribution in [0.2, 0.25) is 0 Å². The maximum absolute atomic E-state index is 11.4. The van der Waals surface area contributed by atoms with Crippen molar-refractivity contribution in [2.24, 2.45) is 0 Å². The van der Waals surface area contributed by atoms with E-state index in [1.165, 1.54) is 6.26 Å². The van der Waals surface area contributed by atoms with Crippen LogP contribution >= 0.6 is 0 Å². The monoisotopic (exact) mass is 294 g/mol. The molecule has 1 heterocycles. The molecule has 0 saturated heterocycles. The van der Waals surface area contributed by atoms with Crippen LogP contribution in [-0.2, 0) is 9.84 Å².